The Labute approximate surface area is 124 Å². The number of benzene rings is 1. The van der Waals surface area contributed by atoms with Gasteiger partial charge < -0.3 is 10.1 Å². The Morgan fingerprint density at radius 1 is 1.29 bits per heavy atom. The van der Waals surface area contributed by atoms with Crippen LogP contribution in [-0.2, 0) is 6.42 Å². The first-order valence-corrected chi connectivity index (χ1v) is 7.20. The smallest absolute Gasteiger partial charge is 0.213 e. The molecule has 0 bridgehead atoms. The molecule has 3 rings (SSSR count). The molecule has 0 saturated carbocycles. The first-order chi connectivity index (χ1) is 10.2. The van der Waals surface area contributed by atoms with E-state index in [4.69, 9.17) is 4.74 Å². The number of methoxy groups -OCH3 is 1. The zero-order valence-electron chi connectivity index (χ0n) is 12.3. The number of nitrogens with zero attached hydrogens (tertiary/aromatic N) is 1. The molecule has 21 heavy (non-hydrogen) atoms. The summed E-state index contributed by atoms with van der Waals surface area (Å²) in [6.07, 6.45) is 3.52. The quantitative estimate of drug-likeness (QED) is 0.872. The lowest BCUT2D eigenvalue weighted by Gasteiger charge is -2.30. The molecule has 0 amide bonds. The summed E-state index contributed by atoms with van der Waals surface area (Å²) in [5.74, 6) is 0.833. The average Bonchev–Trinajstić information content (AvgIpc) is 2.47. The Morgan fingerprint density at radius 3 is 2.76 bits per heavy atom. The molecule has 1 N–H and O–H groups in total. The monoisotopic (exact) mass is 286 g/mol. The molecule has 0 spiro atoms. The van der Waals surface area contributed by atoms with E-state index < -0.39 is 5.95 Å². The fourth-order valence-corrected chi connectivity index (χ4v) is 3.03. The van der Waals surface area contributed by atoms with Gasteiger partial charge in [0.2, 0.25) is 5.95 Å². The molecule has 1 aliphatic carbocycles. The van der Waals surface area contributed by atoms with Crippen molar-refractivity contribution in [1.29, 1.82) is 0 Å². The van der Waals surface area contributed by atoms with E-state index in [0.717, 1.165) is 29.8 Å². The highest BCUT2D eigenvalue weighted by atomic mass is 19.1. The first kappa shape index (κ1) is 13.9. The van der Waals surface area contributed by atoms with Crippen LogP contribution >= 0.6 is 0 Å². The third-order valence-electron chi connectivity index (χ3n) is 4.09. The van der Waals surface area contributed by atoms with Crippen molar-refractivity contribution in [3.05, 3.63) is 53.6 Å². The topological polar surface area (TPSA) is 34.1 Å². The van der Waals surface area contributed by atoms with Crippen molar-refractivity contribution < 1.29 is 9.13 Å². The molecule has 110 valence electrons. The fourth-order valence-electron chi connectivity index (χ4n) is 3.03. The Kier molecular flexibility index (Phi) is 3.78. The summed E-state index contributed by atoms with van der Waals surface area (Å²) in [5.41, 5.74) is 3.29. The molecular weight excluding hydrogens is 267 g/mol. The number of aromatic nitrogens is 1. The number of halogens is 1. The van der Waals surface area contributed by atoms with Crippen LogP contribution < -0.4 is 10.1 Å². The second kappa shape index (κ2) is 5.72. The summed E-state index contributed by atoms with van der Waals surface area (Å²) in [5, 5.41) is 3.52. The van der Waals surface area contributed by atoms with Gasteiger partial charge in [0.05, 0.1) is 7.11 Å². The molecule has 1 heterocycles. The molecule has 2 aromatic rings. The SMILES string of the molecule is COc1ccc(NC2Cc3cc(F)ncc3C(C)C2)cc1. The zero-order valence-corrected chi connectivity index (χ0v) is 12.3. The lowest BCUT2D eigenvalue weighted by Crippen LogP contribution is -2.29. The first-order valence-electron chi connectivity index (χ1n) is 7.20. The summed E-state index contributed by atoms with van der Waals surface area (Å²) in [6, 6.07) is 9.76. The van der Waals surface area contributed by atoms with Gasteiger partial charge in [-0.1, -0.05) is 6.92 Å². The number of hydrogen-bond acceptors (Lipinski definition) is 3. The van der Waals surface area contributed by atoms with Gasteiger partial charge in [-0.15, -0.1) is 0 Å². The van der Waals surface area contributed by atoms with E-state index in [-0.39, 0.29) is 0 Å². The van der Waals surface area contributed by atoms with Gasteiger partial charge in [0.25, 0.3) is 0 Å². The van der Waals surface area contributed by atoms with Crippen molar-refractivity contribution >= 4 is 5.69 Å². The Hall–Kier alpha value is -2.10. The summed E-state index contributed by atoms with van der Waals surface area (Å²) in [7, 11) is 1.66. The molecule has 2 atom stereocenters. The highest BCUT2D eigenvalue weighted by molar-refractivity contribution is 5.48. The molecule has 1 aliphatic rings. The zero-order chi connectivity index (χ0) is 14.8. The second-order valence-corrected chi connectivity index (χ2v) is 5.62. The third-order valence-corrected chi connectivity index (χ3v) is 4.09. The minimum Gasteiger partial charge on any atom is -0.497 e. The summed E-state index contributed by atoms with van der Waals surface area (Å²) in [4.78, 5) is 3.77. The van der Waals surface area contributed by atoms with Gasteiger partial charge in [-0.3, -0.25) is 0 Å². The van der Waals surface area contributed by atoms with Crippen LogP contribution in [0.3, 0.4) is 0 Å². The van der Waals surface area contributed by atoms with E-state index in [0.29, 0.717) is 12.0 Å². The molecule has 0 radical (unpaired) electrons. The van der Waals surface area contributed by atoms with Crippen LogP contribution in [0.15, 0.2) is 36.5 Å². The average molecular weight is 286 g/mol. The lowest BCUT2D eigenvalue weighted by molar-refractivity contribution is 0.415. The Balaban J connectivity index is 1.75. The van der Waals surface area contributed by atoms with Gasteiger partial charge in [0.15, 0.2) is 0 Å². The molecule has 3 nitrogen and oxygen atoms in total. The minimum absolute atomic E-state index is 0.308. The predicted molar refractivity (Wildman–Crippen MR) is 81.3 cm³/mol. The van der Waals surface area contributed by atoms with Crippen molar-refractivity contribution in [3.63, 3.8) is 0 Å². The third kappa shape index (κ3) is 2.99. The van der Waals surface area contributed by atoms with Gasteiger partial charge in [-0.25, -0.2) is 4.98 Å². The minimum atomic E-state index is -0.397. The van der Waals surface area contributed by atoms with E-state index in [1.165, 1.54) is 5.56 Å². The Bertz CT molecular complexity index is 627. The van der Waals surface area contributed by atoms with Crippen molar-refractivity contribution in [1.82, 2.24) is 4.98 Å². The molecule has 1 aromatic carbocycles. The standard InChI is InChI=1S/C17H19FN2O/c1-11-7-14(8-12-9-17(18)19-10-16(11)12)20-13-3-5-15(21-2)6-4-13/h3-6,9-11,14,20H,7-8H2,1-2H3. The van der Waals surface area contributed by atoms with Crippen LogP contribution in [0.25, 0.3) is 0 Å². The molecule has 2 unspecified atom stereocenters. The summed E-state index contributed by atoms with van der Waals surface area (Å²) >= 11 is 0. The van der Waals surface area contributed by atoms with Crippen LogP contribution in [0.2, 0.25) is 0 Å². The van der Waals surface area contributed by atoms with Gasteiger partial charge in [-0.2, -0.15) is 4.39 Å². The fraction of sp³-hybridized carbons (Fsp3) is 0.353. The number of fused-ring (bicyclic) bond motifs is 1. The normalized spacial score (nSPS) is 20.7. The van der Waals surface area contributed by atoms with Crippen molar-refractivity contribution in [3.8, 4) is 5.75 Å². The maximum Gasteiger partial charge on any atom is 0.213 e. The van der Waals surface area contributed by atoms with Crippen LogP contribution in [0.1, 0.15) is 30.4 Å². The number of anilines is 1. The molecule has 4 heteroatoms. The van der Waals surface area contributed by atoms with E-state index in [9.17, 15) is 4.39 Å². The van der Waals surface area contributed by atoms with Crippen LogP contribution in [0, 0.1) is 5.95 Å². The highest BCUT2D eigenvalue weighted by Gasteiger charge is 2.24. The maximum absolute atomic E-state index is 13.3. The largest absolute Gasteiger partial charge is 0.497 e. The van der Waals surface area contributed by atoms with Crippen LogP contribution in [0.4, 0.5) is 10.1 Å². The van der Waals surface area contributed by atoms with Crippen LogP contribution in [-0.4, -0.2) is 18.1 Å². The molecule has 0 saturated heterocycles. The van der Waals surface area contributed by atoms with Gasteiger partial charge in [-0.05, 0) is 60.2 Å². The van der Waals surface area contributed by atoms with E-state index >= 15 is 0 Å². The molecular formula is C17H19FN2O. The van der Waals surface area contributed by atoms with E-state index in [1.807, 2.05) is 24.3 Å². The molecule has 0 aliphatic heterocycles. The van der Waals surface area contributed by atoms with Gasteiger partial charge in [0, 0.05) is 17.9 Å². The molecule has 0 fully saturated rings. The predicted octanol–water partition coefficient (Wildman–Crippen LogP) is 3.76. The van der Waals surface area contributed by atoms with Crippen molar-refractivity contribution in [2.75, 3.05) is 12.4 Å². The number of hydrogen-bond donors (Lipinski definition) is 1. The Morgan fingerprint density at radius 2 is 2.05 bits per heavy atom. The lowest BCUT2D eigenvalue weighted by atomic mass is 9.82. The van der Waals surface area contributed by atoms with Crippen LogP contribution in [0.5, 0.6) is 5.75 Å². The van der Waals surface area contributed by atoms with Crippen molar-refractivity contribution in [2.45, 2.75) is 31.7 Å². The maximum atomic E-state index is 13.3. The van der Waals surface area contributed by atoms with Gasteiger partial charge >= 0.3 is 0 Å². The molecule has 1 aromatic heterocycles. The number of rotatable bonds is 3. The summed E-state index contributed by atoms with van der Waals surface area (Å²) in [6.45, 7) is 2.17. The van der Waals surface area contributed by atoms with Gasteiger partial charge in [0.1, 0.15) is 5.75 Å². The number of ether oxygens (including phenoxy) is 1. The summed E-state index contributed by atoms with van der Waals surface area (Å²) < 4.78 is 18.5. The highest BCUT2D eigenvalue weighted by Crippen LogP contribution is 2.32. The van der Waals surface area contributed by atoms with E-state index in [2.05, 4.69) is 17.2 Å². The second-order valence-electron chi connectivity index (χ2n) is 5.62. The van der Waals surface area contributed by atoms with E-state index in [1.54, 1.807) is 19.4 Å². The number of pyridine rings is 1. The number of nitrogens with one attached hydrogen (secondary N) is 1. The van der Waals surface area contributed by atoms with Crippen molar-refractivity contribution in [2.24, 2.45) is 0 Å².